The second-order valence-corrected chi connectivity index (χ2v) is 3.81. The summed E-state index contributed by atoms with van der Waals surface area (Å²) < 4.78 is 16.0. The summed E-state index contributed by atoms with van der Waals surface area (Å²) in [5, 5.41) is 3.31. The van der Waals surface area contributed by atoms with Crippen LogP contribution in [0.3, 0.4) is 0 Å². The van der Waals surface area contributed by atoms with Crippen LogP contribution in [0, 0.1) is 0 Å². The fourth-order valence-corrected chi connectivity index (χ4v) is 1.75. The highest BCUT2D eigenvalue weighted by Gasteiger charge is 2.15. The summed E-state index contributed by atoms with van der Waals surface area (Å²) in [5.41, 5.74) is 6.48. The van der Waals surface area contributed by atoms with Crippen molar-refractivity contribution in [2.75, 3.05) is 34.4 Å². The highest BCUT2D eigenvalue weighted by Crippen LogP contribution is 2.39. The first-order valence-electron chi connectivity index (χ1n) is 5.97. The minimum atomic E-state index is 0.623. The van der Waals surface area contributed by atoms with E-state index in [2.05, 4.69) is 5.32 Å². The molecule has 5 heteroatoms. The second-order valence-electron chi connectivity index (χ2n) is 3.81. The summed E-state index contributed by atoms with van der Waals surface area (Å²) in [6.07, 6.45) is 0.954. The van der Waals surface area contributed by atoms with E-state index in [0.29, 0.717) is 30.3 Å². The summed E-state index contributed by atoms with van der Waals surface area (Å²) in [6, 6.07) is 3.84. The lowest BCUT2D eigenvalue weighted by Gasteiger charge is -2.16. The average molecular weight is 254 g/mol. The number of rotatable bonds is 8. The van der Waals surface area contributed by atoms with E-state index in [-0.39, 0.29) is 0 Å². The third-order valence-electron chi connectivity index (χ3n) is 2.66. The lowest BCUT2D eigenvalue weighted by Crippen LogP contribution is -2.18. The summed E-state index contributed by atoms with van der Waals surface area (Å²) >= 11 is 0. The Balaban J connectivity index is 2.84. The molecule has 3 N–H and O–H groups in total. The van der Waals surface area contributed by atoms with Gasteiger partial charge in [0.2, 0.25) is 5.75 Å². The highest BCUT2D eigenvalue weighted by molar-refractivity contribution is 5.55. The maximum absolute atomic E-state index is 5.45. The highest BCUT2D eigenvalue weighted by atomic mass is 16.5. The molecule has 0 aromatic heterocycles. The van der Waals surface area contributed by atoms with E-state index in [1.165, 1.54) is 0 Å². The van der Waals surface area contributed by atoms with Crippen LogP contribution in [0.25, 0.3) is 0 Å². The molecule has 0 aliphatic carbocycles. The molecule has 18 heavy (non-hydrogen) atoms. The minimum absolute atomic E-state index is 0.623. The third-order valence-corrected chi connectivity index (χ3v) is 2.66. The van der Waals surface area contributed by atoms with Gasteiger partial charge in [-0.1, -0.05) is 6.07 Å². The van der Waals surface area contributed by atoms with E-state index in [1.807, 2.05) is 12.1 Å². The molecule has 1 aromatic carbocycles. The zero-order valence-electron chi connectivity index (χ0n) is 11.3. The lowest BCUT2D eigenvalue weighted by molar-refractivity contribution is 0.321. The van der Waals surface area contributed by atoms with Crippen LogP contribution in [0.2, 0.25) is 0 Å². The molecule has 0 aliphatic rings. The monoisotopic (exact) mass is 254 g/mol. The molecule has 0 bridgehead atoms. The van der Waals surface area contributed by atoms with Gasteiger partial charge >= 0.3 is 0 Å². The Morgan fingerprint density at radius 2 is 1.78 bits per heavy atom. The van der Waals surface area contributed by atoms with Crippen LogP contribution in [0.15, 0.2) is 12.1 Å². The van der Waals surface area contributed by atoms with Gasteiger partial charge in [0.05, 0.1) is 21.3 Å². The number of benzene rings is 1. The molecule has 0 unspecified atom stereocenters. The smallest absolute Gasteiger partial charge is 0.203 e. The van der Waals surface area contributed by atoms with Gasteiger partial charge in [-0.05, 0) is 25.6 Å². The van der Waals surface area contributed by atoms with Crippen molar-refractivity contribution in [3.63, 3.8) is 0 Å². The van der Waals surface area contributed by atoms with Gasteiger partial charge in [0.1, 0.15) is 0 Å². The summed E-state index contributed by atoms with van der Waals surface area (Å²) in [4.78, 5) is 0. The van der Waals surface area contributed by atoms with Crippen molar-refractivity contribution >= 4 is 0 Å². The van der Waals surface area contributed by atoms with Crippen molar-refractivity contribution in [3.05, 3.63) is 17.7 Å². The van der Waals surface area contributed by atoms with E-state index in [1.54, 1.807) is 21.3 Å². The Labute approximate surface area is 108 Å². The molecule has 0 radical (unpaired) electrons. The van der Waals surface area contributed by atoms with Crippen molar-refractivity contribution < 1.29 is 14.2 Å². The number of ether oxygens (including phenoxy) is 3. The van der Waals surface area contributed by atoms with Gasteiger partial charge < -0.3 is 25.3 Å². The fraction of sp³-hybridized carbons (Fsp3) is 0.538. The summed E-state index contributed by atoms with van der Waals surface area (Å²) in [7, 11) is 4.84. The first-order valence-corrected chi connectivity index (χ1v) is 5.97. The van der Waals surface area contributed by atoms with E-state index in [9.17, 15) is 0 Å². The van der Waals surface area contributed by atoms with E-state index in [4.69, 9.17) is 19.9 Å². The Hall–Kier alpha value is -1.46. The summed E-state index contributed by atoms with van der Waals surface area (Å²) in [6.45, 7) is 2.29. The first kappa shape index (κ1) is 14.6. The zero-order chi connectivity index (χ0) is 13.4. The Bertz CT molecular complexity index is 369. The summed E-state index contributed by atoms with van der Waals surface area (Å²) in [5.74, 6) is 2.00. The van der Waals surface area contributed by atoms with Crippen LogP contribution in [-0.2, 0) is 6.54 Å². The Kier molecular flexibility index (Phi) is 6.32. The van der Waals surface area contributed by atoms with Crippen LogP contribution in [0.5, 0.6) is 17.2 Å². The van der Waals surface area contributed by atoms with E-state index >= 15 is 0 Å². The zero-order valence-corrected chi connectivity index (χ0v) is 11.3. The van der Waals surface area contributed by atoms with Gasteiger partial charge in [0.25, 0.3) is 0 Å². The molecule has 0 atom stereocenters. The van der Waals surface area contributed by atoms with Gasteiger partial charge in [-0.25, -0.2) is 0 Å². The van der Waals surface area contributed by atoms with Crippen molar-refractivity contribution in [1.29, 1.82) is 0 Å². The van der Waals surface area contributed by atoms with Gasteiger partial charge in [0, 0.05) is 12.1 Å². The maximum Gasteiger partial charge on any atom is 0.203 e. The van der Waals surface area contributed by atoms with Gasteiger partial charge in [-0.15, -0.1) is 0 Å². The van der Waals surface area contributed by atoms with E-state index in [0.717, 1.165) is 18.5 Å². The molecule has 0 heterocycles. The average Bonchev–Trinajstić information content (AvgIpc) is 2.42. The maximum atomic E-state index is 5.45. The van der Waals surface area contributed by atoms with Crippen molar-refractivity contribution in [3.8, 4) is 17.2 Å². The molecule has 102 valence electrons. The molecule has 0 spiro atoms. The Morgan fingerprint density at radius 3 is 2.33 bits per heavy atom. The molecule has 1 rings (SSSR count). The molecular formula is C13H22N2O3. The van der Waals surface area contributed by atoms with Crippen LogP contribution >= 0.6 is 0 Å². The Morgan fingerprint density at radius 1 is 1.06 bits per heavy atom. The third kappa shape index (κ3) is 3.51. The van der Waals surface area contributed by atoms with Gasteiger partial charge in [-0.2, -0.15) is 0 Å². The number of nitrogens with one attached hydrogen (secondary N) is 1. The minimum Gasteiger partial charge on any atom is -0.493 e. The predicted octanol–water partition coefficient (Wildman–Crippen LogP) is 1.15. The molecule has 0 aliphatic heterocycles. The van der Waals surface area contributed by atoms with Crippen LogP contribution < -0.4 is 25.3 Å². The second kappa shape index (κ2) is 7.79. The number of nitrogens with two attached hydrogens (primary N) is 1. The standard InChI is InChI=1S/C13H22N2O3/c1-16-11-6-5-10(9-15-8-4-7-14)12(17-2)13(11)18-3/h5-6,15H,4,7-9,14H2,1-3H3. The molecular weight excluding hydrogens is 232 g/mol. The van der Waals surface area contributed by atoms with Gasteiger partial charge in [-0.3, -0.25) is 0 Å². The van der Waals surface area contributed by atoms with Crippen LogP contribution in [0.4, 0.5) is 0 Å². The first-order chi connectivity index (χ1) is 8.78. The number of hydrogen-bond acceptors (Lipinski definition) is 5. The molecule has 0 saturated carbocycles. The van der Waals surface area contributed by atoms with Crippen molar-refractivity contribution in [2.24, 2.45) is 5.73 Å². The topological polar surface area (TPSA) is 65.7 Å². The fourth-order valence-electron chi connectivity index (χ4n) is 1.75. The van der Waals surface area contributed by atoms with Crippen LogP contribution in [0.1, 0.15) is 12.0 Å². The van der Waals surface area contributed by atoms with Crippen molar-refractivity contribution in [1.82, 2.24) is 5.32 Å². The van der Waals surface area contributed by atoms with Crippen LogP contribution in [-0.4, -0.2) is 34.4 Å². The quantitative estimate of drug-likeness (QED) is 0.681. The predicted molar refractivity (Wildman–Crippen MR) is 71.5 cm³/mol. The molecule has 0 fully saturated rings. The van der Waals surface area contributed by atoms with E-state index < -0.39 is 0 Å². The molecule has 0 saturated heterocycles. The lowest BCUT2D eigenvalue weighted by atomic mass is 10.1. The normalized spacial score (nSPS) is 10.2. The number of methoxy groups -OCH3 is 3. The number of hydrogen-bond donors (Lipinski definition) is 2. The molecule has 0 amide bonds. The largest absolute Gasteiger partial charge is 0.493 e. The SMILES string of the molecule is COc1ccc(CNCCCN)c(OC)c1OC. The van der Waals surface area contributed by atoms with Gasteiger partial charge in [0.15, 0.2) is 11.5 Å². The molecule has 5 nitrogen and oxygen atoms in total. The molecule has 1 aromatic rings. The van der Waals surface area contributed by atoms with Crippen molar-refractivity contribution in [2.45, 2.75) is 13.0 Å².